The molecule has 2 aromatic rings. The van der Waals surface area contributed by atoms with Crippen molar-refractivity contribution >= 4 is 0 Å². The molecule has 0 aliphatic rings. The van der Waals surface area contributed by atoms with E-state index in [1.54, 1.807) is 6.26 Å². The maximum absolute atomic E-state index is 5.74. The van der Waals surface area contributed by atoms with Gasteiger partial charge in [-0.3, -0.25) is 0 Å². The lowest BCUT2D eigenvalue weighted by molar-refractivity contribution is 0.309. The van der Waals surface area contributed by atoms with Gasteiger partial charge in [-0.25, -0.2) is 0 Å². The van der Waals surface area contributed by atoms with Gasteiger partial charge in [-0.2, -0.15) is 0 Å². The maximum atomic E-state index is 5.74. The number of hydrogen-bond acceptors (Lipinski definition) is 3. The van der Waals surface area contributed by atoms with Gasteiger partial charge in [-0.1, -0.05) is 12.1 Å². The molecule has 0 atom stereocenters. The van der Waals surface area contributed by atoms with Crippen LogP contribution < -0.4 is 10.1 Å². The number of ether oxygens (including phenoxy) is 1. The van der Waals surface area contributed by atoms with Gasteiger partial charge < -0.3 is 14.5 Å². The smallest absolute Gasteiger partial charge is 0.122 e. The molecule has 18 heavy (non-hydrogen) atoms. The average Bonchev–Trinajstić information content (AvgIpc) is 2.86. The van der Waals surface area contributed by atoms with Crippen LogP contribution in [-0.2, 0) is 6.54 Å². The molecule has 0 aliphatic heterocycles. The normalized spacial score (nSPS) is 10.6. The van der Waals surface area contributed by atoms with Gasteiger partial charge in [-0.15, -0.1) is 0 Å². The number of nitrogens with one attached hydrogen (secondary N) is 1. The minimum atomic E-state index is 0.658. The highest BCUT2D eigenvalue weighted by atomic mass is 16.5. The highest BCUT2D eigenvalue weighted by Crippen LogP contribution is 2.18. The Labute approximate surface area is 108 Å². The molecular weight excluding hydrogens is 226 g/mol. The van der Waals surface area contributed by atoms with Crippen LogP contribution in [0, 0.1) is 13.8 Å². The molecule has 0 unspecified atom stereocenters. The minimum absolute atomic E-state index is 0.658. The molecule has 2 rings (SSSR count). The van der Waals surface area contributed by atoms with E-state index in [9.17, 15) is 0 Å². The van der Waals surface area contributed by atoms with Crippen molar-refractivity contribution in [3.05, 3.63) is 53.5 Å². The third kappa shape index (κ3) is 3.64. The van der Waals surface area contributed by atoms with E-state index in [1.807, 2.05) is 12.1 Å². The lowest BCUT2D eigenvalue weighted by Crippen LogP contribution is -2.20. The molecule has 3 heteroatoms. The summed E-state index contributed by atoms with van der Waals surface area (Å²) in [7, 11) is 0. The second-order valence-electron chi connectivity index (χ2n) is 4.37. The molecule has 0 spiro atoms. The van der Waals surface area contributed by atoms with Crippen LogP contribution in [0.1, 0.15) is 16.9 Å². The van der Waals surface area contributed by atoms with Crippen molar-refractivity contribution < 1.29 is 9.15 Å². The SMILES string of the molecule is Cc1ccc(C)c(OCCNCc2ccco2)c1. The fourth-order valence-corrected chi connectivity index (χ4v) is 1.72. The van der Waals surface area contributed by atoms with Crippen LogP contribution in [0.3, 0.4) is 0 Å². The summed E-state index contributed by atoms with van der Waals surface area (Å²) in [5, 5.41) is 3.27. The summed E-state index contributed by atoms with van der Waals surface area (Å²) < 4.78 is 11.0. The van der Waals surface area contributed by atoms with Crippen molar-refractivity contribution in [3.8, 4) is 5.75 Å². The van der Waals surface area contributed by atoms with Gasteiger partial charge >= 0.3 is 0 Å². The number of benzene rings is 1. The number of hydrogen-bond donors (Lipinski definition) is 1. The number of rotatable bonds is 6. The first-order chi connectivity index (χ1) is 8.75. The summed E-state index contributed by atoms with van der Waals surface area (Å²) >= 11 is 0. The Morgan fingerprint density at radius 2 is 2.11 bits per heavy atom. The van der Waals surface area contributed by atoms with Crippen LogP contribution in [0.15, 0.2) is 41.0 Å². The summed E-state index contributed by atoms with van der Waals surface area (Å²) in [4.78, 5) is 0. The van der Waals surface area contributed by atoms with Gasteiger partial charge in [0.05, 0.1) is 12.8 Å². The van der Waals surface area contributed by atoms with Gasteiger partial charge in [0, 0.05) is 6.54 Å². The molecule has 3 nitrogen and oxygen atoms in total. The molecular formula is C15H19NO2. The first kappa shape index (κ1) is 12.7. The van der Waals surface area contributed by atoms with Crippen LogP contribution in [0.5, 0.6) is 5.75 Å². The van der Waals surface area contributed by atoms with Crippen molar-refractivity contribution in [3.63, 3.8) is 0 Å². The Kier molecular flexibility index (Phi) is 4.42. The van der Waals surface area contributed by atoms with Gasteiger partial charge in [0.25, 0.3) is 0 Å². The summed E-state index contributed by atoms with van der Waals surface area (Å²) in [6.07, 6.45) is 1.68. The van der Waals surface area contributed by atoms with Gasteiger partial charge in [0.2, 0.25) is 0 Å². The number of furan rings is 1. The highest BCUT2D eigenvalue weighted by Gasteiger charge is 1.99. The second-order valence-corrected chi connectivity index (χ2v) is 4.37. The molecule has 1 heterocycles. The topological polar surface area (TPSA) is 34.4 Å². The first-order valence-corrected chi connectivity index (χ1v) is 6.19. The van der Waals surface area contributed by atoms with E-state index in [0.717, 1.165) is 24.6 Å². The third-order valence-electron chi connectivity index (χ3n) is 2.76. The van der Waals surface area contributed by atoms with Crippen molar-refractivity contribution in [2.45, 2.75) is 20.4 Å². The Morgan fingerprint density at radius 3 is 2.89 bits per heavy atom. The quantitative estimate of drug-likeness (QED) is 0.794. The van der Waals surface area contributed by atoms with E-state index in [2.05, 4.69) is 37.4 Å². The predicted molar refractivity (Wildman–Crippen MR) is 71.8 cm³/mol. The van der Waals surface area contributed by atoms with E-state index >= 15 is 0 Å². The van der Waals surface area contributed by atoms with Gasteiger partial charge in [0.15, 0.2) is 0 Å². The van der Waals surface area contributed by atoms with Crippen molar-refractivity contribution in [1.29, 1.82) is 0 Å². The molecule has 0 fully saturated rings. The molecule has 0 saturated carbocycles. The fraction of sp³-hybridized carbons (Fsp3) is 0.333. The van der Waals surface area contributed by atoms with Crippen LogP contribution in [-0.4, -0.2) is 13.2 Å². The van der Waals surface area contributed by atoms with Crippen LogP contribution in [0.25, 0.3) is 0 Å². The average molecular weight is 245 g/mol. The van der Waals surface area contributed by atoms with Crippen molar-refractivity contribution in [2.24, 2.45) is 0 Å². The predicted octanol–water partition coefficient (Wildman–Crippen LogP) is 3.07. The van der Waals surface area contributed by atoms with E-state index in [1.165, 1.54) is 11.1 Å². The summed E-state index contributed by atoms with van der Waals surface area (Å²) in [6, 6.07) is 10.1. The molecule has 1 N–H and O–H groups in total. The molecule has 1 aromatic carbocycles. The van der Waals surface area contributed by atoms with Crippen LogP contribution in [0.4, 0.5) is 0 Å². The zero-order chi connectivity index (χ0) is 12.8. The zero-order valence-electron chi connectivity index (χ0n) is 10.9. The summed E-state index contributed by atoms with van der Waals surface area (Å²) in [5.74, 6) is 1.91. The number of aryl methyl sites for hydroxylation is 2. The molecule has 0 aliphatic carbocycles. The molecule has 0 bridgehead atoms. The second kappa shape index (κ2) is 6.26. The van der Waals surface area contributed by atoms with Crippen LogP contribution in [0.2, 0.25) is 0 Å². The minimum Gasteiger partial charge on any atom is -0.492 e. The monoisotopic (exact) mass is 245 g/mol. The maximum Gasteiger partial charge on any atom is 0.122 e. The van der Waals surface area contributed by atoms with Crippen molar-refractivity contribution in [2.75, 3.05) is 13.2 Å². The van der Waals surface area contributed by atoms with E-state index in [-0.39, 0.29) is 0 Å². The largest absolute Gasteiger partial charge is 0.492 e. The van der Waals surface area contributed by atoms with E-state index in [4.69, 9.17) is 9.15 Å². The van der Waals surface area contributed by atoms with Crippen molar-refractivity contribution in [1.82, 2.24) is 5.32 Å². The summed E-state index contributed by atoms with van der Waals surface area (Å²) in [6.45, 7) is 6.33. The highest BCUT2D eigenvalue weighted by molar-refractivity contribution is 5.35. The Morgan fingerprint density at radius 1 is 1.22 bits per heavy atom. The standard InChI is InChI=1S/C15H19NO2/c1-12-5-6-13(2)15(10-12)18-9-7-16-11-14-4-3-8-17-14/h3-6,8,10,16H,7,9,11H2,1-2H3. The fourth-order valence-electron chi connectivity index (χ4n) is 1.72. The molecule has 96 valence electrons. The first-order valence-electron chi connectivity index (χ1n) is 6.19. The van der Waals surface area contributed by atoms with E-state index in [0.29, 0.717) is 6.61 Å². The van der Waals surface area contributed by atoms with Gasteiger partial charge in [0.1, 0.15) is 18.1 Å². The Balaban J connectivity index is 1.70. The summed E-state index contributed by atoms with van der Waals surface area (Å²) in [5.41, 5.74) is 2.39. The zero-order valence-corrected chi connectivity index (χ0v) is 10.9. The molecule has 0 radical (unpaired) electrons. The van der Waals surface area contributed by atoms with Gasteiger partial charge in [-0.05, 0) is 43.2 Å². The Bertz CT molecular complexity index is 477. The molecule has 0 saturated heterocycles. The lowest BCUT2D eigenvalue weighted by atomic mass is 10.1. The third-order valence-corrected chi connectivity index (χ3v) is 2.76. The Hall–Kier alpha value is -1.74. The molecule has 1 aromatic heterocycles. The van der Waals surface area contributed by atoms with E-state index < -0.39 is 0 Å². The lowest BCUT2D eigenvalue weighted by Gasteiger charge is -2.10. The van der Waals surface area contributed by atoms with Crippen LogP contribution >= 0.6 is 0 Å². The molecule has 0 amide bonds.